The van der Waals surface area contributed by atoms with E-state index in [1.54, 1.807) is 12.1 Å². The van der Waals surface area contributed by atoms with Crippen molar-refractivity contribution in [2.45, 2.75) is 12.1 Å². The zero-order valence-corrected chi connectivity index (χ0v) is 8.30. The number of anilines is 1. The van der Waals surface area contributed by atoms with E-state index in [1.165, 1.54) is 0 Å². The molecule has 3 atom stereocenters. The highest BCUT2D eigenvalue weighted by atomic mass is 16.6. The molecule has 0 saturated carbocycles. The summed E-state index contributed by atoms with van der Waals surface area (Å²) >= 11 is 0. The Kier molecular flexibility index (Phi) is 1.56. The molecule has 1 fully saturated rings. The van der Waals surface area contributed by atoms with Gasteiger partial charge in [0.2, 0.25) is 0 Å². The summed E-state index contributed by atoms with van der Waals surface area (Å²) in [5.41, 5.74) is 1.95. The van der Waals surface area contributed by atoms with Gasteiger partial charge in [-0.2, -0.15) is 0 Å². The Bertz CT molecular complexity index is 446. The summed E-state index contributed by atoms with van der Waals surface area (Å²) in [5.74, 6) is 0. The average molecular weight is 205 g/mol. The predicted octanol–water partition coefficient (Wildman–Crippen LogP) is 1.38. The van der Waals surface area contributed by atoms with Crippen molar-refractivity contribution >= 4 is 11.4 Å². The molecule has 0 spiro atoms. The van der Waals surface area contributed by atoms with Gasteiger partial charge in [-0.05, 0) is 7.05 Å². The van der Waals surface area contributed by atoms with Crippen LogP contribution in [0.2, 0.25) is 0 Å². The van der Waals surface area contributed by atoms with Gasteiger partial charge in [0, 0.05) is 24.2 Å². The first kappa shape index (κ1) is 8.67. The van der Waals surface area contributed by atoms with Crippen LogP contribution >= 0.6 is 0 Å². The van der Waals surface area contributed by atoms with Gasteiger partial charge in [0.1, 0.15) is 5.69 Å². The van der Waals surface area contributed by atoms with E-state index in [0.717, 1.165) is 12.1 Å². The molecule has 0 amide bonds. The van der Waals surface area contributed by atoms with Gasteiger partial charge in [0.15, 0.2) is 0 Å². The molecule has 1 N–H and O–H groups in total. The fraction of sp³-hybridized carbons (Fsp3) is 0.400. The summed E-state index contributed by atoms with van der Waals surface area (Å²) in [6.07, 6.45) is 0. The number of para-hydroxylation sites is 1. The minimum Gasteiger partial charge on any atom is -0.378 e. The summed E-state index contributed by atoms with van der Waals surface area (Å²) < 4.78 is 0. The minimum atomic E-state index is -0.325. The predicted molar refractivity (Wildman–Crippen MR) is 55.9 cm³/mol. The Morgan fingerprint density at radius 1 is 1.60 bits per heavy atom. The van der Waals surface area contributed by atoms with E-state index in [9.17, 15) is 10.1 Å². The van der Waals surface area contributed by atoms with Crippen molar-refractivity contribution in [1.29, 1.82) is 0 Å². The Balaban J connectivity index is 2.13. The third-order valence-corrected chi connectivity index (χ3v) is 3.31. The third kappa shape index (κ3) is 1.07. The standard InChI is InChI=1S/C10H11N3O2/c1-12-8-5-11-9-6(10(8)12)3-2-4-7(9)13(14)15/h2-4,8,10-11H,5H2,1H3/t8-,10+,12?/m0/s1. The SMILES string of the molecule is CN1[C@@H]2c3cccc([N+](=O)[O-])c3NC[C@@H]21. The summed E-state index contributed by atoms with van der Waals surface area (Å²) in [6.45, 7) is 0.805. The van der Waals surface area contributed by atoms with E-state index in [1.807, 2.05) is 13.1 Å². The van der Waals surface area contributed by atoms with E-state index >= 15 is 0 Å². The van der Waals surface area contributed by atoms with Gasteiger partial charge in [-0.1, -0.05) is 12.1 Å². The summed E-state index contributed by atoms with van der Waals surface area (Å²) in [7, 11) is 2.05. The molecule has 5 heteroatoms. The summed E-state index contributed by atoms with van der Waals surface area (Å²) in [5, 5.41) is 14.0. The number of likely N-dealkylation sites (N-methyl/N-ethyl adjacent to an activating group) is 1. The van der Waals surface area contributed by atoms with Crippen molar-refractivity contribution in [3.8, 4) is 0 Å². The van der Waals surface area contributed by atoms with Crippen LogP contribution in [0.1, 0.15) is 11.6 Å². The molecule has 78 valence electrons. The maximum Gasteiger partial charge on any atom is 0.292 e. The Hall–Kier alpha value is -1.62. The molecule has 5 nitrogen and oxygen atoms in total. The van der Waals surface area contributed by atoms with Crippen LogP contribution in [0.4, 0.5) is 11.4 Å². The van der Waals surface area contributed by atoms with Crippen LogP contribution in [0.3, 0.4) is 0 Å². The zero-order chi connectivity index (χ0) is 10.6. The van der Waals surface area contributed by atoms with Crippen molar-refractivity contribution in [1.82, 2.24) is 4.90 Å². The molecule has 0 aromatic heterocycles. The van der Waals surface area contributed by atoms with Crippen molar-refractivity contribution in [2.24, 2.45) is 0 Å². The number of nitrogens with zero attached hydrogens (tertiary/aromatic N) is 2. The maximum absolute atomic E-state index is 10.8. The van der Waals surface area contributed by atoms with Crippen LogP contribution in [0.5, 0.6) is 0 Å². The van der Waals surface area contributed by atoms with E-state index in [2.05, 4.69) is 10.2 Å². The first-order valence-corrected chi connectivity index (χ1v) is 4.93. The van der Waals surface area contributed by atoms with Crippen molar-refractivity contribution in [2.75, 3.05) is 18.9 Å². The van der Waals surface area contributed by atoms with Gasteiger partial charge in [0.05, 0.1) is 11.0 Å². The highest BCUT2D eigenvalue weighted by Crippen LogP contribution is 2.49. The lowest BCUT2D eigenvalue weighted by atomic mass is 10.0. The van der Waals surface area contributed by atoms with Crippen LogP contribution in [-0.2, 0) is 0 Å². The van der Waals surface area contributed by atoms with Crippen LogP contribution in [0.25, 0.3) is 0 Å². The fourth-order valence-corrected chi connectivity index (χ4v) is 2.44. The second-order valence-corrected chi connectivity index (χ2v) is 4.06. The number of benzene rings is 1. The number of nitro groups is 1. The molecule has 15 heavy (non-hydrogen) atoms. The average Bonchev–Trinajstić information content (AvgIpc) is 2.89. The van der Waals surface area contributed by atoms with Gasteiger partial charge in [-0.3, -0.25) is 15.0 Å². The van der Waals surface area contributed by atoms with E-state index in [-0.39, 0.29) is 10.6 Å². The lowest BCUT2D eigenvalue weighted by Crippen LogP contribution is -2.16. The smallest absolute Gasteiger partial charge is 0.292 e. The van der Waals surface area contributed by atoms with Gasteiger partial charge in [0.25, 0.3) is 5.69 Å². The summed E-state index contributed by atoms with van der Waals surface area (Å²) in [6, 6.07) is 6.16. The van der Waals surface area contributed by atoms with Crippen LogP contribution < -0.4 is 5.32 Å². The van der Waals surface area contributed by atoms with Gasteiger partial charge < -0.3 is 5.32 Å². The molecule has 1 saturated heterocycles. The Morgan fingerprint density at radius 3 is 3.13 bits per heavy atom. The molecule has 1 aromatic carbocycles. The van der Waals surface area contributed by atoms with Crippen LogP contribution in [0, 0.1) is 10.1 Å². The molecular weight excluding hydrogens is 194 g/mol. The third-order valence-electron chi connectivity index (χ3n) is 3.31. The van der Waals surface area contributed by atoms with Crippen LogP contribution in [-0.4, -0.2) is 29.5 Å². The lowest BCUT2D eigenvalue weighted by Gasteiger charge is -2.14. The van der Waals surface area contributed by atoms with E-state index < -0.39 is 0 Å². The van der Waals surface area contributed by atoms with Crippen molar-refractivity contribution in [3.63, 3.8) is 0 Å². The first-order valence-electron chi connectivity index (χ1n) is 4.93. The number of hydrogen-bond donors (Lipinski definition) is 1. The molecule has 0 aliphatic carbocycles. The van der Waals surface area contributed by atoms with E-state index in [4.69, 9.17) is 0 Å². The topological polar surface area (TPSA) is 58.2 Å². The molecule has 1 unspecified atom stereocenters. The molecular formula is C10H11N3O2. The normalized spacial score (nSPS) is 31.1. The van der Waals surface area contributed by atoms with E-state index in [0.29, 0.717) is 17.8 Å². The zero-order valence-electron chi connectivity index (χ0n) is 8.30. The number of fused-ring (bicyclic) bond motifs is 3. The number of rotatable bonds is 1. The fourth-order valence-electron chi connectivity index (χ4n) is 2.44. The maximum atomic E-state index is 10.8. The van der Waals surface area contributed by atoms with Gasteiger partial charge in [-0.15, -0.1) is 0 Å². The Labute approximate surface area is 86.8 Å². The quantitative estimate of drug-likeness (QED) is 0.427. The monoisotopic (exact) mass is 205 g/mol. The highest BCUT2D eigenvalue weighted by Gasteiger charge is 2.49. The largest absolute Gasteiger partial charge is 0.378 e. The van der Waals surface area contributed by atoms with Gasteiger partial charge in [-0.25, -0.2) is 0 Å². The van der Waals surface area contributed by atoms with Crippen molar-refractivity contribution in [3.05, 3.63) is 33.9 Å². The highest BCUT2D eigenvalue weighted by molar-refractivity contribution is 5.70. The molecule has 2 aliphatic heterocycles. The van der Waals surface area contributed by atoms with Gasteiger partial charge >= 0.3 is 0 Å². The molecule has 1 aromatic rings. The lowest BCUT2D eigenvalue weighted by molar-refractivity contribution is -0.384. The van der Waals surface area contributed by atoms with Crippen LogP contribution in [0.15, 0.2) is 18.2 Å². The number of hydrogen-bond acceptors (Lipinski definition) is 4. The molecule has 2 heterocycles. The Morgan fingerprint density at radius 2 is 2.40 bits per heavy atom. The second kappa shape index (κ2) is 2.70. The molecule has 0 radical (unpaired) electrons. The summed E-state index contributed by atoms with van der Waals surface area (Å²) in [4.78, 5) is 12.7. The molecule has 2 aliphatic rings. The number of nitro benzene ring substituents is 1. The minimum absolute atomic E-state index is 0.186. The first-order chi connectivity index (χ1) is 7.20. The second-order valence-electron chi connectivity index (χ2n) is 4.06. The van der Waals surface area contributed by atoms with Crippen molar-refractivity contribution < 1.29 is 4.92 Å². The number of nitrogens with one attached hydrogen (secondary N) is 1. The molecule has 3 rings (SSSR count). The molecule has 0 bridgehead atoms.